The van der Waals surface area contributed by atoms with Crippen molar-refractivity contribution in [3.05, 3.63) is 34.3 Å². The molecule has 3 heteroatoms. The zero-order valence-corrected chi connectivity index (χ0v) is 11.8. The molecule has 1 rings (SSSR count). The molecule has 1 aromatic rings. The van der Waals surface area contributed by atoms with Crippen molar-refractivity contribution in [2.45, 2.75) is 19.4 Å². The zero-order valence-electron chi connectivity index (χ0n) is 8.10. The van der Waals surface area contributed by atoms with Crippen molar-refractivity contribution in [2.24, 2.45) is 0 Å². The van der Waals surface area contributed by atoms with Crippen molar-refractivity contribution >= 4 is 38.5 Å². The van der Waals surface area contributed by atoms with Gasteiger partial charge in [0, 0.05) is 11.0 Å². The minimum Gasteiger partial charge on any atom is -0.313 e. The Labute approximate surface area is 108 Å². The zero-order chi connectivity index (χ0) is 10.2. The Morgan fingerprint density at radius 1 is 1.29 bits per heavy atom. The molecule has 0 aliphatic rings. The van der Waals surface area contributed by atoms with Crippen molar-refractivity contribution in [1.29, 1.82) is 0 Å². The van der Waals surface area contributed by atoms with Crippen LogP contribution in [0.1, 0.15) is 18.4 Å². The maximum Gasteiger partial charge on any atom is 0.0205 e. The number of rotatable bonds is 6. The van der Waals surface area contributed by atoms with Gasteiger partial charge in [-0.15, -0.1) is 0 Å². The van der Waals surface area contributed by atoms with Crippen molar-refractivity contribution in [2.75, 3.05) is 11.0 Å². The molecule has 0 bridgehead atoms. The van der Waals surface area contributed by atoms with Crippen LogP contribution < -0.4 is 5.32 Å². The molecule has 0 saturated heterocycles. The first-order valence-electron chi connectivity index (χ1n) is 4.84. The second-order valence-electron chi connectivity index (χ2n) is 3.20. The number of nitrogens with one attached hydrogen (secondary N) is 1. The van der Waals surface area contributed by atoms with Gasteiger partial charge >= 0.3 is 0 Å². The molecule has 0 aliphatic carbocycles. The molecule has 0 amide bonds. The normalized spacial score (nSPS) is 10.4. The largest absolute Gasteiger partial charge is 0.313 e. The van der Waals surface area contributed by atoms with Gasteiger partial charge in [-0.3, -0.25) is 0 Å². The Morgan fingerprint density at radius 2 is 2.14 bits per heavy atom. The number of hydrogen-bond donors (Lipinski definition) is 1. The molecule has 1 aromatic carbocycles. The second kappa shape index (κ2) is 7.65. The SMILES string of the molecule is Brc1cccc(CNCCCCI)c1. The Balaban J connectivity index is 2.18. The van der Waals surface area contributed by atoms with Gasteiger partial charge in [0.2, 0.25) is 0 Å². The van der Waals surface area contributed by atoms with E-state index < -0.39 is 0 Å². The Hall–Kier alpha value is 0.390. The molecule has 0 aliphatic heterocycles. The van der Waals surface area contributed by atoms with E-state index in [1.807, 2.05) is 0 Å². The molecule has 0 radical (unpaired) electrons. The van der Waals surface area contributed by atoms with E-state index in [1.165, 1.54) is 22.8 Å². The second-order valence-corrected chi connectivity index (χ2v) is 5.20. The fraction of sp³-hybridized carbons (Fsp3) is 0.455. The van der Waals surface area contributed by atoms with Crippen LogP contribution in [0.15, 0.2) is 28.7 Å². The van der Waals surface area contributed by atoms with E-state index in [9.17, 15) is 0 Å². The molecule has 78 valence electrons. The summed E-state index contributed by atoms with van der Waals surface area (Å²) < 4.78 is 2.42. The molecule has 14 heavy (non-hydrogen) atoms. The first-order valence-corrected chi connectivity index (χ1v) is 7.16. The Kier molecular flexibility index (Phi) is 6.81. The van der Waals surface area contributed by atoms with Crippen molar-refractivity contribution in [3.63, 3.8) is 0 Å². The molecule has 1 nitrogen and oxygen atoms in total. The smallest absolute Gasteiger partial charge is 0.0205 e. The molecule has 0 unspecified atom stereocenters. The van der Waals surface area contributed by atoms with Crippen LogP contribution in [-0.2, 0) is 6.54 Å². The highest BCUT2D eigenvalue weighted by atomic mass is 127. The lowest BCUT2D eigenvalue weighted by atomic mass is 10.2. The molecule has 0 fully saturated rings. The highest BCUT2D eigenvalue weighted by Crippen LogP contribution is 2.11. The molecular weight excluding hydrogens is 353 g/mol. The van der Waals surface area contributed by atoms with E-state index in [1.54, 1.807) is 0 Å². The summed E-state index contributed by atoms with van der Waals surface area (Å²) in [6.45, 7) is 2.09. The fourth-order valence-electron chi connectivity index (χ4n) is 1.22. The van der Waals surface area contributed by atoms with Gasteiger partial charge in [0.25, 0.3) is 0 Å². The van der Waals surface area contributed by atoms with Crippen LogP contribution in [0.3, 0.4) is 0 Å². The first-order chi connectivity index (χ1) is 6.83. The first kappa shape index (κ1) is 12.5. The summed E-state index contributed by atoms with van der Waals surface area (Å²) in [7, 11) is 0. The van der Waals surface area contributed by atoms with Gasteiger partial charge in [0.15, 0.2) is 0 Å². The van der Waals surface area contributed by atoms with Gasteiger partial charge in [-0.1, -0.05) is 50.7 Å². The van der Waals surface area contributed by atoms with Crippen LogP contribution in [0, 0.1) is 0 Å². The van der Waals surface area contributed by atoms with Gasteiger partial charge in [0.05, 0.1) is 0 Å². The molecule has 0 heterocycles. The van der Waals surface area contributed by atoms with Crippen molar-refractivity contribution in [1.82, 2.24) is 5.32 Å². The van der Waals surface area contributed by atoms with Gasteiger partial charge in [-0.05, 0) is 41.5 Å². The lowest BCUT2D eigenvalue weighted by Gasteiger charge is -2.04. The average Bonchev–Trinajstić information content (AvgIpc) is 2.18. The van der Waals surface area contributed by atoms with Crippen LogP contribution in [-0.4, -0.2) is 11.0 Å². The number of benzene rings is 1. The van der Waals surface area contributed by atoms with Crippen LogP contribution in [0.2, 0.25) is 0 Å². The fourth-order valence-corrected chi connectivity index (χ4v) is 2.21. The molecule has 0 aromatic heterocycles. The lowest BCUT2D eigenvalue weighted by molar-refractivity contribution is 0.645. The summed E-state index contributed by atoms with van der Waals surface area (Å²) >= 11 is 5.89. The van der Waals surface area contributed by atoms with Gasteiger partial charge in [-0.2, -0.15) is 0 Å². The summed E-state index contributed by atoms with van der Waals surface area (Å²) in [6, 6.07) is 8.44. The average molecular weight is 368 g/mol. The van der Waals surface area contributed by atoms with Crippen molar-refractivity contribution < 1.29 is 0 Å². The number of hydrogen-bond acceptors (Lipinski definition) is 1. The minimum absolute atomic E-state index is 0.973. The molecule has 0 atom stereocenters. The Bertz CT molecular complexity index is 265. The van der Waals surface area contributed by atoms with Gasteiger partial charge < -0.3 is 5.32 Å². The van der Waals surface area contributed by atoms with Crippen LogP contribution in [0.4, 0.5) is 0 Å². The minimum atomic E-state index is 0.973. The summed E-state index contributed by atoms with van der Waals surface area (Å²) in [6.07, 6.45) is 2.59. The van der Waals surface area contributed by atoms with Crippen molar-refractivity contribution in [3.8, 4) is 0 Å². The van der Waals surface area contributed by atoms with E-state index in [4.69, 9.17) is 0 Å². The Morgan fingerprint density at radius 3 is 2.86 bits per heavy atom. The summed E-state index contributed by atoms with van der Waals surface area (Å²) in [5, 5.41) is 3.44. The quantitative estimate of drug-likeness (QED) is 0.458. The van der Waals surface area contributed by atoms with E-state index in [-0.39, 0.29) is 0 Å². The van der Waals surface area contributed by atoms with Crippen LogP contribution >= 0.6 is 38.5 Å². The summed E-state index contributed by atoms with van der Waals surface area (Å²) in [5.74, 6) is 0. The highest BCUT2D eigenvalue weighted by molar-refractivity contribution is 14.1. The summed E-state index contributed by atoms with van der Waals surface area (Å²) in [4.78, 5) is 0. The lowest BCUT2D eigenvalue weighted by Crippen LogP contribution is -2.14. The van der Waals surface area contributed by atoms with E-state index in [0.717, 1.165) is 17.6 Å². The third-order valence-electron chi connectivity index (χ3n) is 1.96. The van der Waals surface area contributed by atoms with E-state index in [2.05, 4.69) is 68.1 Å². The van der Waals surface area contributed by atoms with E-state index in [0.29, 0.717) is 0 Å². The summed E-state index contributed by atoms with van der Waals surface area (Å²) in [5.41, 5.74) is 1.34. The third-order valence-corrected chi connectivity index (χ3v) is 3.21. The predicted molar refractivity (Wildman–Crippen MR) is 74.0 cm³/mol. The number of alkyl halides is 1. The topological polar surface area (TPSA) is 12.0 Å². The molecule has 1 N–H and O–H groups in total. The van der Waals surface area contributed by atoms with Crippen LogP contribution in [0.5, 0.6) is 0 Å². The number of unbranched alkanes of at least 4 members (excludes halogenated alkanes) is 1. The third kappa shape index (κ3) is 5.32. The van der Waals surface area contributed by atoms with Gasteiger partial charge in [0.1, 0.15) is 0 Å². The predicted octanol–water partition coefficient (Wildman–Crippen LogP) is 3.75. The molecule has 0 saturated carbocycles. The van der Waals surface area contributed by atoms with Crippen LogP contribution in [0.25, 0.3) is 0 Å². The van der Waals surface area contributed by atoms with E-state index >= 15 is 0 Å². The maximum atomic E-state index is 3.47. The highest BCUT2D eigenvalue weighted by Gasteiger charge is 1.93. The standard InChI is InChI=1S/C11H15BrIN/c12-11-5-3-4-10(8-11)9-14-7-2-1-6-13/h3-5,8,14H,1-2,6-7,9H2. The molecule has 0 spiro atoms. The molecular formula is C11H15BrIN. The monoisotopic (exact) mass is 367 g/mol. The van der Waals surface area contributed by atoms with Gasteiger partial charge in [-0.25, -0.2) is 0 Å². The maximum absolute atomic E-state index is 3.47. The number of halogens is 2.